The molecule has 1 heterocycles. The molecule has 0 spiro atoms. The lowest BCUT2D eigenvalue weighted by molar-refractivity contribution is 0.251. The van der Waals surface area contributed by atoms with Crippen molar-refractivity contribution in [2.24, 2.45) is 10.9 Å². The first-order chi connectivity index (χ1) is 11.2. The van der Waals surface area contributed by atoms with Gasteiger partial charge in [-0.15, -0.1) is 0 Å². The number of nitrogens with zero attached hydrogens (tertiary/aromatic N) is 2. The van der Waals surface area contributed by atoms with E-state index in [4.69, 9.17) is 9.84 Å². The van der Waals surface area contributed by atoms with Gasteiger partial charge < -0.3 is 20.5 Å². The van der Waals surface area contributed by atoms with E-state index >= 15 is 0 Å². The number of aliphatic hydroxyl groups is 1. The standard InChI is InChI=1S/C17H30N4O2/c1-4-7-14(10-11-22)12-19-17(18-5-2)20-13-15-8-6-9-16(21-15)23-3/h6,8-9,14,22H,4-5,7,10-13H2,1-3H3,(H2,18,19,20). The SMILES string of the molecule is CCCC(CCO)CNC(=NCc1cccc(OC)n1)NCC. The van der Waals surface area contributed by atoms with Crippen LogP contribution in [0.15, 0.2) is 23.2 Å². The molecule has 1 unspecified atom stereocenters. The average Bonchev–Trinajstić information content (AvgIpc) is 2.57. The van der Waals surface area contributed by atoms with E-state index < -0.39 is 0 Å². The molecule has 1 rings (SSSR count). The van der Waals surface area contributed by atoms with E-state index in [9.17, 15) is 0 Å². The van der Waals surface area contributed by atoms with Gasteiger partial charge in [0.15, 0.2) is 5.96 Å². The topological polar surface area (TPSA) is 78.8 Å². The first kappa shape index (κ1) is 19.2. The van der Waals surface area contributed by atoms with Gasteiger partial charge in [-0.3, -0.25) is 0 Å². The molecule has 0 aliphatic rings. The highest BCUT2D eigenvalue weighted by molar-refractivity contribution is 5.79. The molecular formula is C17H30N4O2. The number of pyridine rings is 1. The van der Waals surface area contributed by atoms with Gasteiger partial charge in [-0.1, -0.05) is 19.4 Å². The summed E-state index contributed by atoms with van der Waals surface area (Å²) in [5.41, 5.74) is 0.863. The number of aromatic nitrogens is 1. The monoisotopic (exact) mass is 322 g/mol. The molecule has 1 aromatic rings. The molecule has 1 aromatic heterocycles. The van der Waals surface area contributed by atoms with Crippen molar-refractivity contribution in [3.05, 3.63) is 23.9 Å². The quantitative estimate of drug-likeness (QED) is 0.453. The summed E-state index contributed by atoms with van der Waals surface area (Å²) >= 11 is 0. The van der Waals surface area contributed by atoms with E-state index in [2.05, 4.69) is 27.5 Å². The maximum absolute atomic E-state index is 9.14. The number of nitrogens with one attached hydrogen (secondary N) is 2. The number of aliphatic imine (C=N–C) groups is 1. The lowest BCUT2D eigenvalue weighted by Crippen LogP contribution is -2.40. The van der Waals surface area contributed by atoms with Crippen LogP contribution >= 0.6 is 0 Å². The second-order valence-electron chi connectivity index (χ2n) is 5.41. The molecule has 0 saturated carbocycles. The van der Waals surface area contributed by atoms with Crippen LogP contribution in [-0.4, -0.2) is 42.9 Å². The predicted molar refractivity (Wildman–Crippen MR) is 93.7 cm³/mol. The molecule has 0 radical (unpaired) electrons. The Morgan fingerprint density at radius 2 is 2.13 bits per heavy atom. The molecule has 23 heavy (non-hydrogen) atoms. The Kier molecular flexibility index (Phi) is 9.79. The number of hydrogen-bond donors (Lipinski definition) is 3. The van der Waals surface area contributed by atoms with Crippen LogP contribution in [-0.2, 0) is 6.54 Å². The summed E-state index contributed by atoms with van der Waals surface area (Å²) in [6.07, 6.45) is 3.04. The molecule has 0 bridgehead atoms. The molecule has 1 atom stereocenters. The summed E-state index contributed by atoms with van der Waals surface area (Å²) in [5, 5.41) is 15.7. The zero-order valence-corrected chi connectivity index (χ0v) is 14.5. The summed E-state index contributed by atoms with van der Waals surface area (Å²) in [4.78, 5) is 8.92. The zero-order valence-electron chi connectivity index (χ0n) is 14.5. The minimum Gasteiger partial charge on any atom is -0.481 e. The highest BCUT2D eigenvalue weighted by Crippen LogP contribution is 2.09. The highest BCUT2D eigenvalue weighted by atomic mass is 16.5. The second kappa shape index (κ2) is 11.7. The normalized spacial score (nSPS) is 12.8. The van der Waals surface area contributed by atoms with E-state index in [1.54, 1.807) is 7.11 Å². The lowest BCUT2D eigenvalue weighted by atomic mass is 10.0. The molecule has 6 heteroatoms. The van der Waals surface area contributed by atoms with Crippen molar-refractivity contribution in [3.63, 3.8) is 0 Å². The van der Waals surface area contributed by atoms with E-state index in [1.807, 2.05) is 25.1 Å². The van der Waals surface area contributed by atoms with Crippen molar-refractivity contribution >= 4 is 5.96 Å². The van der Waals surface area contributed by atoms with Crippen molar-refractivity contribution in [1.82, 2.24) is 15.6 Å². The summed E-state index contributed by atoms with van der Waals surface area (Å²) in [6, 6.07) is 5.66. The molecular weight excluding hydrogens is 292 g/mol. The Balaban J connectivity index is 2.61. The fourth-order valence-electron chi connectivity index (χ4n) is 2.34. The Labute approximate surface area is 139 Å². The molecule has 0 amide bonds. The molecule has 0 aliphatic carbocycles. The maximum atomic E-state index is 9.14. The van der Waals surface area contributed by atoms with Crippen LogP contribution in [0.3, 0.4) is 0 Å². The Morgan fingerprint density at radius 1 is 1.30 bits per heavy atom. The smallest absolute Gasteiger partial charge is 0.213 e. The molecule has 0 aliphatic heterocycles. The number of ether oxygens (including phenoxy) is 1. The minimum absolute atomic E-state index is 0.230. The van der Waals surface area contributed by atoms with Gasteiger partial charge in [-0.25, -0.2) is 9.98 Å². The third kappa shape index (κ3) is 7.83. The van der Waals surface area contributed by atoms with Gasteiger partial charge in [0, 0.05) is 25.8 Å². The summed E-state index contributed by atoms with van der Waals surface area (Å²) in [7, 11) is 1.61. The summed E-state index contributed by atoms with van der Waals surface area (Å²) < 4.78 is 5.13. The summed E-state index contributed by atoms with van der Waals surface area (Å²) in [6.45, 7) is 6.54. The largest absolute Gasteiger partial charge is 0.481 e. The van der Waals surface area contributed by atoms with E-state index in [-0.39, 0.29) is 6.61 Å². The third-order valence-corrected chi connectivity index (χ3v) is 3.53. The van der Waals surface area contributed by atoms with E-state index in [0.29, 0.717) is 18.3 Å². The van der Waals surface area contributed by atoms with Gasteiger partial charge in [-0.05, 0) is 31.7 Å². The first-order valence-electron chi connectivity index (χ1n) is 8.36. The fourth-order valence-corrected chi connectivity index (χ4v) is 2.34. The second-order valence-corrected chi connectivity index (χ2v) is 5.41. The molecule has 0 fully saturated rings. The van der Waals surface area contributed by atoms with Gasteiger partial charge in [-0.2, -0.15) is 0 Å². The maximum Gasteiger partial charge on any atom is 0.213 e. The average molecular weight is 322 g/mol. The van der Waals surface area contributed by atoms with Crippen LogP contribution in [0.5, 0.6) is 5.88 Å². The first-order valence-corrected chi connectivity index (χ1v) is 8.36. The molecule has 130 valence electrons. The van der Waals surface area contributed by atoms with Gasteiger partial charge in [0.25, 0.3) is 0 Å². The fraction of sp³-hybridized carbons (Fsp3) is 0.647. The van der Waals surface area contributed by atoms with Crippen LogP contribution in [0.2, 0.25) is 0 Å². The number of rotatable bonds is 10. The number of methoxy groups -OCH3 is 1. The summed E-state index contributed by atoms with van der Waals surface area (Å²) in [5.74, 6) is 1.83. The van der Waals surface area contributed by atoms with E-state index in [1.165, 1.54) is 0 Å². The number of aliphatic hydroxyl groups excluding tert-OH is 1. The Hall–Kier alpha value is -1.82. The van der Waals surface area contributed by atoms with Crippen molar-refractivity contribution in [1.29, 1.82) is 0 Å². The van der Waals surface area contributed by atoms with Crippen LogP contribution < -0.4 is 15.4 Å². The molecule has 0 saturated heterocycles. The molecule has 0 aromatic carbocycles. The van der Waals surface area contributed by atoms with Crippen LogP contribution in [0, 0.1) is 5.92 Å². The van der Waals surface area contributed by atoms with Gasteiger partial charge >= 0.3 is 0 Å². The van der Waals surface area contributed by atoms with Crippen molar-refractivity contribution in [2.75, 3.05) is 26.8 Å². The van der Waals surface area contributed by atoms with Crippen molar-refractivity contribution in [3.8, 4) is 5.88 Å². The minimum atomic E-state index is 0.230. The van der Waals surface area contributed by atoms with Crippen LogP contribution in [0.1, 0.15) is 38.8 Å². The highest BCUT2D eigenvalue weighted by Gasteiger charge is 2.08. The van der Waals surface area contributed by atoms with Crippen LogP contribution in [0.4, 0.5) is 0 Å². The van der Waals surface area contributed by atoms with Crippen LogP contribution in [0.25, 0.3) is 0 Å². The number of guanidine groups is 1. The molecule has 6 nitrogen and oxygen atoms in total. The van der Waals surface area contributed by atoms with Gasteiger partial charge in [0.2, 0.25) is 5.88 Å². The molecule has 3 N–H and O–H groups in total. The predicted octanol–water partition coefficient (Wildman–Crippen LogP) is 1.94. The van der Waals surface area contributed by atoms with E-state index in [0.717, 1.165) is 44.0 Å². The number of hydrogen-bond acceptors (Lipinski definition) is 4. The van der Waals surface area contributed by atoms with Crippen molar-refractivity contribution in [2.45, 2.75) is 39.7 Å². The Morgan fingerprint density at radius 3 is 2.78 bits per heavy atom. The van der Waals surface area contributed by atoms with Crippen molar-refractivity contribution < 1.29 is 9.84 Å². The van der Waals surface area contributed by atoms with Gasteiger partial charge in [0.05, 0.1) is 19.3 Å². The van der Waals surface area contributed by atoms with Gasteiger partial charge in [0.1, 0.15) is 0 Å². The third-order valence-electron chi connectivity index (χ3n) is 3.53. The zero-order chi connectivity index (χ0) is 16.9. The lowest BCUT2D eigenvalue weighted by Gasteiger charge is -2.18. The Bertz CT molecular complexity index is 460.